The third-order valence-corrected chi connectivity index (χ3v) is 3.13. The summed E-state index contributed by atoms with van der Waals surface area (Å²) in [6.07, 6.45) is 2.83. The van der Waals surface area contributed by atoms with Crippen LogP contribution in [0.4, 0.5) is 9.18 Å². The van der Waals surface area contributed by atoms with Crippen molar-refractivity contribution in [3.05, 3.63) is 47.3 Å². The summed E-state index contributed by atoms with van der Waals surface area (Å²) in [7, 11) is 0. The van der Waals surface area contributed by atoms with Crippen molar-refractivity contribution in [2.45, 2.75) is 6.04 Å². The van der Waals surface area contributed by atoms with Gasteiger partial charge in [0, 0.05) is 18.1 Å². The Bertz CT molecular complexity index is 644. The van der Waals surface area contributed by atoms with Crippen LogP contribution in [-0.2, 0) is 4.74 Å². The molecule has 0 radical (unpaired) electrons. The van der Waals surface area contributed by atoms with Crippen molar-refractivity contribution in [1.82, 2.24) is 14.9 Å². The van der Waals surface area contributed by atoms with Crippen molar-refractivity contribution >= 4 is 17.7 Å². The first-order chi connectivity index (χ1) is 9.15. The van der Waals surface area contributed by atoms with E-state index in [-0.39, 0.29) is 17.7 Å². The van der Waals surface area contributed by atoms with Crippen LogP contribution in [0.3, 0.4) is 0 Å². The summed E-state index contributed by atoms with van der Waals surface area (Å²) >= 11 is 5.76. The number of hydrogen-bond acceptors (Lipinski definition) is 3. The smallest absolute Gasteiger partial charge is 0.407 e. The number of aromatic nitrogens is 2. The van der Waals surface area contributed by atoms with Gasteiger partial charge in [-0.05, 0) is 18.2 Å². The highest BCUT2D eigenvalue weighted by Crippen LogP contribution is 2.23. The molecule has 0 saturated carbocycles. The van der Waals surface area contributed by atoms with E-state index in [0.717, 1.165) is 0 Å². The number of halogens is 2. The summed E-state index contributed by atoms with van der Waals surface area (Å²) in [4.78, 5) is 15.2. The Balaban J connectivity index is 1.99. The molecule has 2 aromatic rings. The maximum Gasteiger partial charge on any atom is 0.407 e. The minimum Gasteiger partial charge on any atom is -0.447 e. The zero-order valence-corrected chi connectivity index (χ0v) is 10.4. The van der Waals surface area contributed by atoms with Crippen molar-refractivity contribution in [1.29, 1.82) is 0 Å². The van der Waals surface area contributed by atoms with Crippen LogP contribution >= 0.6 is 11.6 Å². The quantitative estimate of drug-likeness (QED) is 0.920. The first-order valence-electron chi connectivity index (χ1n) is 5.57. The fourth-order valence-electron chi connectivity index (χ4n) is 1.95. The molecule has 0 unspecified atom stereocenters. The molecule has 1 aliphatic rings. The fourth-order valence-corrected chi connectivity index (χ4v) is 2.12. The zero-order chi connectivity index (χ0) is 13.4. The predicted molar refractivity (Wildman–Crippen MR) is 65.8 cm³/mol. The monoisotopic (exact) mass is 281 g/mol. The molecular weight excluding hydrogens is 273 g/mol. The molecule has 1 aromatic heterocycles. The van der Waals surface area contributed by atoms with Gasteiger partial charge in [-0.15, -0.1) is 0 Å². The van der Waals surface area contributed by atoms with Gasteiger partial charge in [0.1, 0.15) is 24.3 Å². The first kappa shape index (κ1) is 12.0. The number of imidazole rings is 1. The molecule has 7 heteroatoms. The van der Waals surface area contributed by atoms with E-state index in [1.807, 2.05) is 0 Å². The summed E-state index contributed by atoms with van der Waals surface area (Å²) in [5.74, 6) is 0.123. The number of amides is 1. The van der Waals surface area contributed by atoms with Crippen LogP contribution < -0.4 is 5.32 Å². The Morgan fingerprint density at radius 2 is 2.37 bits per heavy atom. The lowest BCUT2D eigenvalue weighted by Gasteiger charge is -2.11. The van der Waals surface area contributed by atoms with Crippen LogP contribution in [0.25, 0.3) is 5.69 Å². The van der Waals surface area contributed by atoms with Gasteiger partial charge < -0.3 is 14.6 Å². The standard InChI is InChI=1S/C12H9ClFN3O2/c13-8-5-7(1-2-9(8)14)17-4-3-15-11(17)10-6-19-12(18)16-10/h1-5,10H,6H2,(H,16,18)/t10-/m0/s1. The second kappa shape index (κ2) is 4.55. The second-order valence-electron chi connectivity index (χ2n) is 4.05. The number of nitrogens with one attached hydrogen (secondary N) is 1. The molecule has 1 fully saturated rings. The molecule has 1 saturated heterocycles. The van der Waals surface area contributed by atoms with E-state index in [4.69, 9.17) is 16.3 Å². The molecule has 0 bridgehead atoms. The summed E-state index contributed by atoms with van der Waals surface area (Å²) in [6.45, 7) is 0.213. The summed E-state index contributed by atoms with van der Waals surface area (Å²) in [5, 5.41) is 2.67. The number of rotatable bonds is 2. The largest absolute Gasteiger partial charge is 0.447 e. The SMILES string of the molecule is O=C1N[C@H](c2nccn2-c2ccc(F)c(Cl)c2)CO1. The minimum absolute atomic E-state index is 0.0313. The Morgan fingerprint density at radius 3 is 3.05 bits per heavy atom. The third-order valence-electron chi connectivity index (χ3n) is 2.84. The molecule has 98 valence electrons. The molecule has 1 amide bonds. The van der Waals surface area contributed by atoms with Crippen molar-refractivity contribution in [2.24, 2.45) is 0 Å². The number of benzene rings is 1. The van der Waals surface area contributed by atoms with Crippen LogP contribution in [0, 0.1) is 5.82 Å². The number of hydrogen-bond donors (Lipinski definition) is 1. The van der Waals surface area contributed by atoms with E-state index in [0.29, 0.717) is 11.5 Å². The van der Waals surface area contributed by atoms with E-state index >= 15 is 0 Å². The van der Waals surface area contributed by atoms with Crippen LogP contribution in [0.1, 0.15) is 11.9 Å². The van der Waals surface area contributed by atoms with E-state index in [1.165, 1.54) is 12.1 Å². The normalized spacial score (nSPS) is 18.2. The van der Waals surface area contributed by atoms with Gasteiger partial charge in [0.25, 0.3) is 0 Å². The highest BCUT2D eigenvalue weighted by Gasteiger charge is 2.27. The van der Waals surface area contributed by atoms with Crippen LogP contribution in [-0.4, -0.2) is 22.3 Å². The van der Waals surface area contributed by atoms with Crippen LogP contribution in [0.15, 0.2) is 30.6 Å². The number of carbonyl (C=O) groups excluding carboxylic acids is 1. The van der Waals surface area contributed by atoms with Gasteiger partial charge in [0.2, 0.25) is 0 Å². The predicted octanol–water partition coefficient (Wildman–Crippen LogP) is 2.45. The summed E-state index contributed by atoms with van der Waals surface area (Å²) < 4.78 is 19.7. The molecule has 2 heterocycles. The third kappa shape index (κ3) is 2.15. The Morgan fingerprint density at radius 1 is 1.53 bits per heavy atom. The Hall–Kier alpha value is -2.08. The number of ether oxygens (including phenoxy) is 1. The van der Waals surface area contributed by atoms with Gasteiger partial charge in [0.15, 0.2) is 0 Å². The molecule has 1 atom stereocenters. The number of nitrogens with zero attached hydrogens (tertiary/aromatic N) is 2. The average Bonchev–Trinajstić information content (AvgIpc) is 3.00. The molecule has 1 aliphatic heterocycles. The molecule has 0 aliphatic carbocycles. The highest BCUT2D eigenvalue weighted by atomic mass is 35.5. The van der Waals surface area contributed by atoms with Crippen molar-refractivity contribution in [3.63, 3.8) is 0 Å². The topological polar surface area (TPSA) is 56.2 Å². The molecular formula is C12H9ClFN3O2. The van der Waals surface area contributed by atoms with Gasteiger partial charge in [-0.1, -0.05) is 11.6 Å². The lowest BCUT2D eigenvalue weighted by molar-refractivity contribution is 0.176. The van der Waals surface area contributed by atoms with Crippen molar-refractivity contribution in [3.8, 4) is 5.69 Å². The molecule has 5 nitrogen and oxygen atoms in total. The fraction of sp³-hybridized carbons (Fsp3) is 0.167. The lowest BCUT2D eigenvalue weighted by atomic mass is 10.2. The van der Waals surface area contributed by atoms with Gasteiger partial charge in [0.05, 0.1) is 5.02 Å². The van der Waals surface area contributed by atoms with E-state index < -0.39 is 11.9 Å². The maximum atomic E-state index is 13.2. The van der Waals surface area contributed by atoms with E-state index in [9.17, 15) is 9.18 Å². The molecule has 3 rings (SSSR count). The van der Waals surface area contributed by atoms with E-state index in [1.54, 1.807) is 23.0 Å². The summed E-state index contributed by atoms with van der Waals surface area (Å²) in [6, 6.07) is 4.04. The Labute approximate surface area is 113 Å². The number of cyclic esters (lactones) is 1. The summed E-state index contributed by atoms with van der Waals surface area (Å²) in [5.41, 5.74) is 0.667. The second-order valence-corrected chi connectivity index (χ2v) is 4.46. The number of carbonyl (C=O) groups is 1. The van der Waals surface area contributed by atoms with Gasteiger partial charge in [-0.25, -0.2) is 14.2 Å². The van der Waals surface area contributed by atoms with E-state index in [2.05, 4.69) is 10.3 Å². The maximum absolute atomic E-state index is 13.2. The van der Waals surface area contributed by atoms with Crippen LogP contribution in [0.5, 0.6) is 0 Å². The van der Waals surface area contributed by atoms with Gasteiger partial charge in [-0.2, -0.15) is 0 Å². The molecule has 0 spiro atoms. The first-order valence-corrected chi connectivity index (χ1v) is 5.95. The van der Waals surface area contributed by atoms with Crippen molar-refractivity contribution in [2.75, 3.05) is 6.61 Å². The Kier molecular flexibility index (Phi) is 2.87. The molecule has 1 N–H and O–H groups in total. The zero-order valence-electron chi connectivity index (χ0n) is 9.64. The highest BCUT2D eigenvalue weighted by molar-refractivity contribution is 6.30. The molecule has 19 heavy (non-hydrogen) atoms. The number of alkyl carbamates (subject to hydrolysis) is 1. The molecule has 1 aromatic carbocycles. The minimum atomic E-state index is -0.482. The van der Waals surface area contributed by atoms with Crippen LogP contribution in [0.2, 0.25) is 5.02 Å². The van der Waals surface area contributed by atoms with Gasteiger partial charge in [-0.3, -0.25) is 0 Å². The average molecular weight is 282 g/mol. The van der Waals surface area contributed by atoms with Gasteiger partial charge >= 0.3 is 6.09 Å². The van der Waals surface area contributed by atoms with Crippen molar-refractivity contribution < 1.29 is 13.9 Å². The lowest BCUT2D eigenvalue weighted by Crippen LogP contribution is -2.21.